The molecule has 0 fully saturated rings. The Balaban J connectivity index is 1.56. The quantitative estimate of drug-likeness (QED) is 0.668. The van der Waals surface area contributed by atoms with Crippen molar-refractivity contribution in [2.24, 2.45) is 0 Å². The summed E-state index contributed by atoms with van der Waals surface area (Å²) in [6.07, 6.45) is 1.36. The lowest BCUT2D eigenvalue weighted by Crippen LogP contribution is -2.30. The van der Waals surface area contributed by atoms with Crippen molar-refractivity contribution in [3.63, 3.8) is 0 Å². The molecule has 0 aliphatic rings. The summed E-state index contributed by atoms with van der Waals surface area (Å²) >= 11 is 1.26. The van der Waals surface area contributed by atoms with Gasteiger partial charge in [0.05, 0.1) is 12.0 Å². The zero-order valence-electron chi connectivity index (χ0n) is 12.5. The first-order valence-corrected chi connectivity index (χ1v) is 7.68. The number of nitrogens with zero attached hydrogens (tertiary/aromatic N) is 3. The summed E-state index contributed by atoms with van der Waals surface area (Å²) in [4.78, 5) is 39.8. The molecule has 0 aliphatic carbocycles. The fourth-order valence-corrected chi connectivity index (χ4v) is 2.65. The summed E-state index contributed by atoms with van der Waals surface area (Å²) in [5, 5.41) is 7.09. The van der Waals surface area contributed by atoms with Crippen molar-refractivity contribution in [1.82, 2.24) is 19.9 Å². The van der Waals surface area contributed by atoms with Crippen molar-refractivity contribution in [2.45, 2.75) is 13.5 Å². The normalized spacial score (nSPS) is 10.7. The minimum Gasteiger partial charge on any atom is -0.459 e. The number of carbonyl (C=O) groups is 2. The molecular weight excluding hydrogens is 336 g/mol. The van der Waals surface area contributed by atoms with E-state index in [0.29, 0.717) is 15.7 Å². The van der Waals surface area contributed by atoms with Gasteiger partial charge in [-0.25, -0.2) is 4.98 Å². The Kier molecular flexibility index (Phi) is 4.38. The van der Waals surface area contributed by atoms with Crippen LogP contribution in [0.3, 0.4) is 0 Å². The number of nitrogens with one attached hydrogen (secondary N) is 1. The van der Waals surface area contributed by atoms with E-state index < -0.39 is 11.9 Å². The van der Waals surface area contributed by atoms with Gasteiger partial charge in [0.15, 0.2) is 5.76 Å². The first-order chi connectivity index (χ1) is 11.5. The van der Waals surface area contributed by atoms with Gasteiger partial charge in [0.2, 0.25) is 4.96 Å². The van der Waals surface area contributed by atoms with Crippen molar-refractivity contribution in [2.75, 3.05) is 6.54 Å². The van der Waals surface area contributed by atoms with Gasteiger partial charge in [0.25, 0.3) is 11.5 Å². The Bertz CT molecular complexity index is 944. The van der Waals surface area contributed by atoms with Gasteiger partial charge in [0.1, 0.15) is 18.2 Å². The summed E-state index contributed by atoms with van der Waals surface area (Å²) in [6, 6.07) is 4.29. The monoisotopic (exact) mass is 348 g/mol. The molecule has 10 heteroatoms. The number of ether oxygens (including phenoxy) is 1. The zero-order chi connectivity index (χ0) is 17.1. The van der Waals surface area contributed by atoms with Crippen molar-refractivity contribution < 1.29 is 18.7 Å². The summed E-state index contributed by atoms with van der Waals surface area (Å²) in [7, 11) is 0. The number of furan rings is 1. The molecule has 0 aromatic carbocycles. The average molecular weight is 348 g/mol. The summed E-state index contributed by atoms with van der Waals surface area (Å²) in [5.41, 5.74) is -0.0316. The van der Waals surface area contributed by atoms with E-state index in [9.17, 15) is 14.4 Å². The van der Waals surface area contributed by atoms with Crippen molar-refractivity contribution in [1.29, 1.82) is 0 Å². The maximum Gasteiger partial charge on any atom is 0.325 e. The maximum absolute atomic E-state index is 11.9. The minimum absolute atomic E-state index is 0.100. The van der Waals surface area contributed by atoms with Gasteiger partial charge in [-0.1, -0.05) is 11.3 Å². The zero-order valence-corrected chi connectivity index (χ0v) is 13.3. The third-order valence-corrected chi connectivity index (χ3v) is 3.74. The number of aryl methyl sites for hydroxylation is 1. The summed E-state index contributed by atoms with van der Waals surface area (Å²) in [5.74, 6) is -1.07. The highest BCUT2D eigenvalue weighted by Gasteiger charge is 2.12. The number of hydrogen-bond donors (Lipinski definition) is 1. The van der Waals surface area contributed by atoms with E-state index in [0.717, 1.165) is 0 Å². The molecule has 0 aliphatic heterocycles. The fraction of sp³-hybridized carbons (Fsp3) is 0.214. The number of rotatable bonds is 5. The van der Waals surface area contributed by atoms with E-state index in [1.807, 2.05) is 0 Å². The molecule has 0 saturated carbocycles. The highest BCUT2D eigenvalue weighted by Crippen LogP contribution is 2.10. The van der Waals surface area contributed by atoms with Crippen LogP contribution in [0.15, 0.2) is 33.7 Å². The number of carbonyl (C=O) groups excluding carboxylic acids is 2. The van der Waals surface area contributed by atoms with Gasteiger partial charge >= 0.3 is 5.97 Å². The Hall–Kier alpha value is -3.01. The second-order valence-electron chi connectivity index (χ2n) is 4.72. The van der Waals surface area contributed by atoms with Crippen LogP contribution in [0.5, 0.6) is 0 Å². The van der Waals surface area contributed by atoms with E-state index >= 15 is 0 Å². The van der Waals surface area contributed by atoms with E-state index in [1.165, 1.54) is 34.2 Å². The molecule has 0 saturated heterocycles. The van der Waals surface area contributed by atoms with Crippen LogP contribution in [0, 0.1) is 6.92 Å². The third kappa shape index (κ3) is 3.49. The lowest BCUT2D eigenvalue weighted by atomic mass is 10.4. The average Bonchev–Trinajstić information content (AvgIpc) is 3.19. The molecule has 124 valence electrons. The molecule has 3 aromatic heterocycles. The Morgan fingerprint density at radius 1 is 1.46 bits per heavy atom. The predicted octanol–water partition coefficient (Wildman–Crippen LogP) is 0.526. The number of esters is 1. The molecule has 0 bridgehead atoms. The molecule has 0 atom stereocenters. The molecule has 1 N–H and O–H groups in total. The van der Waals surface area contributed by atoms with E-state index in [4.69, 9.17) is 9.15 Å². The van der Waals surface area contributed by atoms with Crippen LogP contribution in [0.1, 0.15) is 21.3 Å². The first kappa shape index (κ1) is 15.9. The summed E-state index contributed by atoms with van der Waals surface area (Å²) < 4.78 is 11.1. The number of amides is 1. The van der Waals surface area contributed by atoms with E-state index in [-0.39, 0.29) is 24.5 Å². The van der Waals surface area contributed by atoms with Crippen molar-refractivity contribution >= 4 is 28.2 Å². The van der Waals surface area contributed by atoms with Gasteiger partial charge in [-0.05, 0) is 19.1 Å². The van der Waals surface area contributed by atoms with Crippen LogP contribution in [-0.4, -0.2) is 33.0 Å². The molecule has 9 nitrogen and oxygen atoms in total. The Morgan fingerprint density at radius 2 is 2.29 bits per heavy atom. The molecular formula is C14H12N4O5S. The standard InChI is InChI=1S/C14H12N4O5S/c1-8-17-18-11(19)5-9(16-14(18)24-8)7-23-12(20)6-15-13(21)10-3-2-4-22-10/h2-5H,6-7H2,1H3,(H,15,21). The minimum atomic E-state index is -0.655. The fourth-order valence-electron chi connectivity index (χ4n) is 1.88. The lowest BCUT2D eigenvalue weighted by molar-refractivity contribution is -0.143. The molecule has 0 spiro atoms. The van der Waals surface area contributed by atoms with Crippen LogP contribution in [0.25, 0.3) is 4.96 Å². The van der Waals surface area contributed by atoms with Gasteiger partial charge in [0, 0.05) is 6.07 Å². The maximum atomic E-state index is 11.9. The largest absolute Gasteiger partial charge is 0.459 e. The van der Waals surface area contributed by atoms with Crippen molar-refractivity contribution in [3.8, 4) is 0 Å². The van der Waals surface area contributed by atoms with E-state index in [1.54, 1.807) is 13.0 Å². The number of fused-ring (bicyclic) bond motifs is 1. The van der Waals surface area contributed by atoms with Gasteiger partial charge in [-0.3, -0.25) is 14.4 Å². The molecule has 24 heavy (non-hydrogen) atoms. The van der Waals surface area contributed by atoms with Crippen LogP contribution in [0.4, 0.5) is 0 Å². The van der Waals surface area contributed by atoms with Crippen LogP contribution < -0.4 is 10.9 Å². The molecule has 3 aromatic rings. The molecule has 3 rings (SSSR count). The molecule has 3 heterocycles. The summed E-state index contributed by atoms with van der Waals surface area (Å²) in [6.45, 7) is 1.28. The highest BCUT2D eigenvalue weighted by molar-refractivity contribution is 7.16. The SMILES string of the molecule is Cc1nn2c(=O)cc(COC(=O)CNC(=O)c3ccco3)nc2s1. The first-order valence-electron chi connectivity index (χ1n) is 6.86. The molecule has 1 amide bonds. The second kappa shape index (κ2) is 6.62. The van der Waals surface area contributed by atoms with Crippen molar-refractivity contribution in [3.05, 3.63) is 51.3 Å². The topological polar surface area (TPSA) is 116 Å². The van der Waals surface area contributed by atoms with Crippen LogP contribution >= 0.6 is 11.3 Å². The highest BCUT2D eigenvalue weighted by atomic mass is 32.1. The third-order valence-electron chi connectivity index (χ3n) is 2.92. The predicted molar refractivity (Wildman–Crippen MR) is 82.7 cm³/mol. The lowest BCUT2D eigenvalue weighted by Gasteiger charge is -2.05. The molecule has 0 radical (unpaired) electrons. The van der Waals surface area contributed by atoms with Crippen LogP contribution in [0.2, 0.25) is 0 Å². The molecule has 0 unspecified atom stereocenters. The van der Waals surface area contributed by atoms with Gasteiger partial charge in [-0.15, -0.1) is 0 Å². The Labute approximate surface area is 138 Å². The Morgan fingerprint density at radius 3 is 3.04 bits per heavy atom. The van der Waals surface area contributed by atoms with E-state index in [2.05, 4.69) is 15.4 Å². The van der Waals surface area contributed by atoms with Gasteiger partial charge < -0.3 is 14.5 Å². The van der Waals surface area contributed by atoms with Crippen LogP contribution in [-0.2, 0) is 16.1 Å². The van der Waals surface area contributed by atoms with Gasteiger partial charge in [-0.2, -0.15) is 9.61 Å². The second-order valence-corrected chi connectivity index (χ2v) is 5.88. The number of hydrogen-bond acceptors (Lipinski definition) is 8. The smallest absolute Gasteiger partial charge is 0.325 e. The number of aromatic nitrogens is 3.